The van der Waals surface area contributed by atoms with Crippen LogP contribution in [-0.4, -0.2) is 21.9 Å². The van der Waals surface area contributed by atoms with E-state index in [0.717, 1.165) is 10.1 Å². The Kier molecular flexibility index (Phi) is 4.35. The van der Waals surface area contributed by atoms with Crippen LogP contribution in [0.25, 0.3) is 10.9 Å². The van der Waals surface area contributed by atoms with Crippen LogP contribution in [0.3, 0.4) is 0 Å². The molecule has 0 saturated heterocycles. The molecule has 0 amide bonds. The average Bonchev–Trinajstić information content (AvgIpc) is 2.97. The summed E-state index contributed by atoms with van der Waals surface area (Å²) in [6.07, 6.45) is -0.974. The maximum atomic E-state index is 12.4. The molecule has 1 aromatic heterocycles. The van der Waals surface area contributed by atoms with E-state index >= 15 is 0 Å². The minimum Gasteiger partial charge on any atom is -0.449 e. The van der Waals surface area contributed by atoms with E-state index in [1.807, 2.05) is 36.4 Å². The Hall–Kier alpha value is -3.79. The van der Waals surface area contributed by atoms with Gasteiger partial charge < -0.3 is 14.6 Å². The molecule has 0 radical (unpaired) electrons. The number of carboxylic acid groups (broad SMARTS) is 1. The van der Waals surface area contributed by atoms with Crippen molar-refractivity contribution >= 4 is 23.2 Å². The predicted molar refractivity (Wildman–Crippen MR) is 87.3 cm³/mol. The van der Waals surface area contributed by atoms with E-state index in [1.54, 1.807) is 0 Å². The van der Waals surface area contributed by atoms with E-state index < -0.39 is 12.2 Å². The van der Waals surface area contributed by atoms with Crippen LogP contribution in [0.1, 0.15) is 11.1 Å². The average molecular weight is 336 g/mol. The Morgan fingerprint density at radius 3 is 2.60 bits per heavy atom. The Balaban J connectivity index is 1.94. The molecule has 25 heavy (non-hydrogen) atoms. The van der Waals surface area contributed by atoms with E-state index in [9.17, 15) is 9.59 Å². The Morgan fingerprint density at radius 1 is 1.16 bits per heavy atom. The summed E-state index contributed by atoms with van der Waals surface area (Å²) in [6, 6.07) is 15.6. The first-order chi connectivity index (χ1) is 12.1. The van der Waals surface area contributed by atoms with Crippen molar-refractivity contribution < 1.29 is 24.2 Å². The molecule has 0 aliphatic rings. The molecule has 3 rings (SSSR count). The van der Waals surface area contributed by atoms with Crippen molar-refractivity contribution in [2.24, 2.45) is 0 Å². The van der Waals surface area contributed by atoms with Crippen LogP contribution in [0.2, 0.25) is 0 Å². The number of carbonyl (C=O) groups is 2. The van der Waals surface area contributed by atoms with Gasteiger partial charge in [-0.15, -0.1) is 0 Å². The summed E-state index contributed by atoms with van der Waals surface area (Å²) in [5.41, 5.74) is 1.46. The zero-order valence-corrected chi connectivity index (χ0v) is 12.9. The minimum absolute atomic E-state index is 0.0105. The van der Waals surface area contributed by atoms with Gasteiger partial charge >= 0.3 is 12.2 Å². The van der Waals surface area contributed by atoms with Crippen molar-refractivity contribution in [1.82, 2.24) is 4.57 Å². The topological polar surface area (TPSA) is 102 Å². The van der Waals surface area contributed by atoms with E-state index in [0.29, 0.717) is 16.5 Å². The molecule has 0 saturated carbocycles. The molecule has 0 fully saturated rings. The normalized spacial score (nSPS) is 10.2. The van der Waals surface area contributed by atoms with Crippen molar-refractivity contribution in [3.05, 3.63) is 65.9 Å². The monoisotopic (exact) mass is 336 g/mol. The largest absolute Gasteiger partial charge is 0.511 e. The summed E-state index contributed by atoms with van der Waals surface area (Å²) in [6.45, 7) is 0.0619. The highest BCUT2D eigenvalue weighted by Crippen LogP contribution is 2.29. The first-order valence-corrected chi connectivity index (χ1v) is 7.25. The summed E-state index contributed by atoms with van der Waals surface area (Å²) in [4.78, 5) is 23.2. The van der Waals surface area contributed by atoms with Gasteiger partial charge in [-0.25, -0.2) is 14.2 Å². The van der Waals surface area contributed by atoms with Gasteiger partial charge in [0.1, 0.15) is 6.61 Å². The van der Waals surface area contributed by atoms with Gasteiger partial charge in [-0.2, -0.15) is 5.26 Å². The van der Waals surface area contributed by atoms with Gasteiger partial charge in [0.25, 0.3) is 0 Å². The number of hydrogen-bond acceptors (Lipinski definition) is 5. The quantitative estimate of drug-likeness (QED) is 0.731. The van der Waals surface area contributed by atoms with E-state index in [-0.39, 0.29) is 12.4 Å². The molecule has 0 aliphatic heterocycles. The van der Waals surface area contributed by atoms with E-state index in [2.05, 4.69) is 0 Å². The molecule has 0 bridgehead atoms. The number of fused-ring (bicyclic) bond motifs is 1. The number of benzene rings is 2. The van der Waals surface area contributed by atoms with Gasteiger partial charge in [-0.3, -0.25) is 0 Å². The number of ether oxygens (including phenoxy) is 2. The van der Waals surface area contributed by atoms with Gasteiger partial charge in [-0.1, -0.05) is 30.3 Å². The molecule has 7 nitrogen and oxygen atoms in total. The summed E-state index contributed by atoms with van der Waals surface area (Å²) < 4.78 is 11.1. The van der Waals surface area contributed by atoms with Crippen molar-refractivity contribution in [1.29, 1.82) is 5.26 Å². The van der Waals surface area contributed by atoms with Gasteiger partial charge in [0.2, 0.25) is 0 Å². The number of nitriles is 1. The first-order valence-electron chi connectivity index (χ1n) is 7.25. The molecule has 1 N–H and O–H groups in total. The van der Waals surface area contributed by atoms with E-state index in [1.165, 1.54) is 24.4 Å². The number of nitrogens with zero attached hydrogens (tertiary/aromatic N) is 2. The van der Waals surface area contributed by atoms with Crippen molar-refractivity contribution in [2.75, 3.05) is 0 Å². The fraction of sp³-hybridized carbons (Fsp3) is 0.0556. The van der Waals surface area contributed by atoms with Crippen LogP contribution < -0.4 is 4.74 Å². The van der Waals surface area contributed by atoms with Crippen molar-refractivity contribution in [2.45, 2.75) is 6.61 Å². The number of hydrogen-bond donors (Lipinski definition) is 1. The van der Waals surface area contributed by atoms with E-state index in [4.69, 9.17) is 19.8 Å². The summed E-state index contributed by atoms with van der Waals surface area (Å²) in [5.74, 6) is -0.0105. The SMILES string of the molecule is N#Cc1ccc2c(OC(=O)O)cn(C(=O)OCc3ccccc3)c2c1. The Labute approximate surface area is 142 Å². The Bertz CT molecular complexity index is 986. The van der Waals surface area contributed by atoms with Gasteiger partial charge in [0.05, 0.1) is 23.3 Å². The molecular formula is C18H12N2O5. The summed E-state index contributed by atoms with van der Waals surface area (Å²) >= 11 is 0. The lowest BCUT2D eigenvalue weighted by molar-refractivity contribution is 0.139. The summed E-state index contributed by atoms with van der Waals surface area (Å²) in [5, 5.41) is 18.2. The maximum Gasteiger partial charge on any atom is 0.511 e. The summed E-state index contributed by atoms with van der Waals surface area (Å²) in [7, 11) is 0. The van der Waals surface area contributed by atoms with Crippen LogP contribution in [0.5, 0.6) is 5.75 Å². The lowest BCUT2D eigenvalue weighted by Gasteiger charge is -2.06. The van der Waals surface area contributed by atoms with Gasteiger partial charge in [-0.05, 0) is 23.8 Å². The fourth-order valence-corrected chi connectivity index (χ4v) is 2.38. The first kappa shape index (κ1) is 16.1. The molecule has 0 unspecified atom stereocenters. The third-order valence-electron chi connectivity index (χ3n) is 3.50. The lowest BCUT2D eigenvalue weighted by atomic mass is 10.2. The lowest BCUT2D eigenvalue weighted by Crippen LogP contribution is -2.12. The van der Waals surface area contributed by atoms with Crippen LogP contribution in [-0.2, 0) is 11.3 Å². The highest BCUT2D eigenvalue weighted by molar-refractivity contribution is 5.95. The number of rotatable bonds is 3. The Morgan fingerprint density at radius 2 is 1.92 bits per heavy atom. The second-order valence-corrected chi connectivity index (χ2v) is 5.12. The molecule has 0 aliphatic carbocycles. The number of aromatic nitrogens is 1. The highest BCUT2D eigenvalue weighted by atomic mass is 16.7. The molecule has 2 aromatic carbocycles. The fourth-order valence-electron chi connectivity index (χ4n) is 2.38. The second-order valence-electron chi connectivity index (χ2n) is 5.12. The predicted octanol–water partition coefficient (Wildman–Crippen LogP) is 3.75. The third kappa shape index (κ3) is 3.43. The highest BCUT2D eigenvalue weighted by Gasteiger charge is 2.18. The molecule has 7 heteroatoms. The third-order valence-corrected chi connectivity index (χ3v) is 3.50. The maximum absolute atomic E-state index is 12.4. The van der Waals surface area contributed by atoms with Gasteiger partial charge in [0.15, 0.2) is 5.75 Å². The van der Waals surface area contributed by atoms with Gasteiger partial charge in [0, 0.05) is 5.39 Å². The molecular weight excluding hydrogens is 324 g/mol. The molecule has 1 heterocycles. The van der Waals surface area contributed by atoms with Crippen LogP contribution >= 0.6 is 0 Å². The van der Waals surface area contributed by atoms with Crippen LogP contribution in [0.15, 0.2) is 54.7 Å². The zero-order valence-electron chi connectivity index (χ0n) is 12.9. The molecule has 0 atom stereocenters. The molecule has 0 spiro atoms. The van der Waals surface area contributed by atoms with Crippen molar-refractivity contribution in [3.63, 3.8) is 0 Å². The minimum atomic E-state index is -1.50. The van der Waals surface area contributed by atoms with Crippen LogP contribution in [0.4, 0.5) is 9.59 Å². The number of carbonyl (C=O) groups excluding carboxylic acids is 1. The van der Waals surface area contributed by atoms with Crippen molar-refractivity contribution in [3.8, 4) is 11.8 Å². The standard InChI is InChI=1S/C18H12N2O5/c19-9-13-6-7-14-15(8-13)20(10-16(14)25-18(22)23)17(21)24-11-12-4-2-1-3-5-12/h1-8,10H,11H2,(H,22,23). The second kappa shape index (κ2) is 6.76. The smallest absolute Gasteiger partial charge is 0.449 e. The molecule has 3 aromatic rings. The zero-order chi connectivity index (χ0) is 17.8. The van der Waals surface area contributed by atoms with Crippen LogP contribution in [0, 0.1) is 11.3 Å². The molecule has 124 valence electrons.